The minimum atomic E-state index is 0. The molecule has 0 bridgehead atoms. The SMILES string of the molecule is Oc1ccccc1/C=N/NC(=S)c1ccccc1.[Ni]. The summed E-state index contributed by atoms with van der Waals surface area (Å²) < 4.78 is 0. The van der Waals surface area contributed by atoms with Crippen LogP contribution in [0.3, 0.4) is 0 Å². The molecule has 0 radical (unpaired) electrons. The molecule has 0 atom stereocenters. The Morgan fingerprint density at radius 2 is 1.68 bits per heavy atom. The summed E-state index contributed by atoms with van der Waals surface area (Å²) in [6.07, 6.45) is 1.53. The van der Waals surface area contributed by atoms with Crippen LogP contribution in [0.4, 0.5) is 0 Å². The summed E-state index contributed by atoms with van der Waals surface area (Å²) in [5.74, 6) is 0.189. The first-order chi connectivity index (χ1) is 8.77. The molecule has 2 rings (SSSR count). The molecule has 0 saturated carbocycles. The Morgan fingerprint density at radius 3 is 2.37 bits per heavy atom. The summed E-state index contributed by atoms with van der Waals surface area (Å²) in [5, 5.41) is 13.5. The van der Waals surface area contributed by atoms with Crippen molar-refractivity contribution in [2.75, 3.05) is 0 Å². The summed E-state index contributed by atoms with van der Waals surface area (Å²) in [5.41, 5.74) is 4.31. The molecule has 5 heteroatoms. The van der Waals surface area contributed by atoms with Gasteiger partial charge in [0.05, 0.1) is 6.21 Å². The van der Waals surface area contributed by atoms with E-state index in [1.165, 1.54) is 6.21 Å². The number of aromatic hydroxyl groups is 1. The van der Waals surface area contributed by atoms with Crippen molar-refractivity contribution in [3.63, 3.8) is 0 Å². The van der Waals surface area contributed by atoms with E-state index < -0.39 is 0 Å². The molecule has 0 aromatic heterocycles. The molecule has 0 aliphatic carbocycles. The van der Waals surface area contributed by atoms with Gasteiger partial charge in [0, 0.05) is 27.6 Å². The summed E-state index contributed by atoms with van der Waals surface area (Å²) in [7, 11) is 0. The fraction of sp³-hybridized carbons (Fsp3) is 0. The van der Waals surface area contributed by atoms with Crippen LogP contribution >= 0.6 is 12.2 Å². The number of thiocarbonyl (C=S) groups is 1. The zero-order valence-electron chi connectivity index (χ0n) is 9.89. The second-order valence-corrected chi connectivity index (χ2v) is 4.03. The van der Waals surface area contributed by atoms with Gasteiger partial charge in [0.1, 0.15) is 10.7 Å². The van der Waals surface area contributed by atoms with Crippen LogP contribution in [0.25, 0.3) is 0 Å². The molecular weight excluding hydrogens is 303 g/mol. The van der Waals surface area contributed by atoms with Gasteiger partial charge in [-0.05, 0) is 12.1 Å². The molecule has 0 aliphatic heterocycles. The molecule has 0 spiro atoms. The number of benzene rings is 2. The Kier molecular flexibility index (Phi) is 6.20. The third-order valence-corrected chi connectivity index (χ3v) is 2.67. The number of hydrazone groups is 1. The topological polar surface area (TPSA) is 44.6 Å². The average molecular weight is 315 g/mol. The van der Waals surface area contributed by atoms with Crippen LogP contribution in [-0.4, -0.2) is 16.3 Å². The maximum absolute atomic E-state index is 9.54. The molecule has 2 N–H and O–H groups in total. The van der Waals surface area contributed by atoms with E-state index >= 15 is 0 Å². The maximum Gasteiger partial charge on any atom is 0.126 e. The van der Waals surface area contributed by atoms with E-state index in [1.54, 1.807) is 18.2 Å². The third-order valence-electron chi connectivity index (χ3n) is 2.34. The van der Waals surface area contributed by atoms with Crippen LogP contribution in [0.15, 0.2) is 59.7 Å². The van der Waals surface area contributed by atoms with E-state index in [2.05, 4.69) is 10.5 Å². The van der Waals surface area contributed by atoms with E-state index in [1.807, 2.05) is 36.4 Å². The summed E-state index contributed by atoms with van der Waals surface area (Å²) in [4.78, 5) is 0.544. The molecule has 100 valence electrons. The van der Waals surface area contributed by atoms with E-state index in [-0.39, 0.29) is 22.2 Å². The largest absolute Gasteiger partial charge is 0.507 e. The zero-order valence-corrected chi connectivity index (χ0v) is 11.7. The molecule has 0 unspecified atom stereocenters. The van der Waals surface area contributed by atoms with Crippen molar-refractivity contribution < 1.29 is 21.6 Å². The number of hydrogen-bond acceptors (Lipinski definition) is 3. The van der Waals surface area contributed by atoms with Crippen molar-refractivity contribution in [2.24, 2.45) is 5.10 Å². The molecule has 19 heavy (non-hydrogen) atoms. The van der Waals surface area contributed by atoms with Crippen LogP contribution in [-0.2, 0) is 16.5 Å². The molecule has 0 saturated heterocycles. The molecule has 2 aromatic carbocycles. The maximum atomic E-state index is 9.54. The standard InChI is InChI=1S/C14H12N2OS.Ni/c17-13-9-5-4-8-12(13)10-15-16-14(18)11-6-2-1-3-7-11;/h1-10,17H,(H,16,18);/b15-10+;. The molecular formula is C14H12N2NiOS. The van der Waals surface area contributed by atoms with Crippen LogP contribution in [0.5, 0.6) is 5.75 Å². The predicted molar refractivity (Wildman–Crippen MR) is 77.0 cm³/mol. The van der Waals surface area contributed by atoms with Crippen molar-refractivity contribution in [1.82, 2.24) is 5.43 Å². The van der Waals surface area contributed by atoms with Crippen molar-refractivity contribution in [3.05, 3.63) is 65.7 Å². The normalized spacial score (nSPS) is 9.89. The van der Waals surface area contributed by atoms with Crippen molar-refractivity contribution >= 4 is 23.4 Å². The van der Waals surface area contributed by atoms with E-state index in [0.717, 1.165) is 5.56 Å². The monoisotopic (exact) mass is 314 g/mol. The van der Waals surface area contributed by atoms with Gasteiger partial charge in [-0.25, -0.2) is 0 Å². The number of hydrogen-bond donors (Lipinski definition) is 2. The van der Waals surface area contributed by atoms with Gasteiger partial charge in [-0.3, -0.25) is 5.43 Å². The van der Waals surface area contributed by atoms with Gasteiger partial charge in [0.2, 0.25) is 0 Å². The number of nitrogens with zero attached hydrogens (tertiary/aromatic N) is 1. The number of phenols is 1. The Balaban J connectivity index is 0.00000180. The molecule has 0 aliphatic rings. The minimum Gasteiger partial charge on any atom is -0.507 e. The molecule has 3 nitrogen and oxygen atoms in total. The Bertz CT molecular complexity index is 573. The minimum absolute atomic E-state index is 0. The fourth-order valence-corrected chi connectivity index (χ4v) is 1.60. The van der Waals surface area contributed by atoms with Crippen molar-refractivity contribution in [1.29, 1.82) is 0 Å². The molecule has 2 aromatic rings. The first-order valence-electron chi connectivity index (χ1n) is 5.44. The Morgan fingerprint density at radius 1 is 1.05 bits per heavy atom. The molecule has 0 amide bonds. The van der Waals surface area contributed by atoms with Gasteiger partial charge < -0.3 is 5.11 Å². The van der Waals surface area contributed by atoms with Crippen LogP contribution < -0.4 is 5.43 Å². The predicted octanol–water partition coefficient (Wildman–Crippen LogP) is 2.69. The van der Waals surface area contributed by atoms with Gasteiger partial charge in [-0.1, -0.05) is 54.7 Å². The Labute approximate surface area is 127 Å². The van der Waals surface area contributed by atoms with Gasteiger partial charge >= 0.3 is 0 Å². The average Bonchev–Trinajstić information content (AvgIpc) is 2.42. The fourth-order valence-electron chi connectivity index (χ4n) is 1.41. The van der Waals surface area contributed by atoms with E-state index in [4.69, 9.17) is 12.2 Å². The summed E-state index contributed by atoms with van der Waals surface area (Å²) in [6.45, 7) is 0. The van der Waals surface area contributed by atoms with E-state index in [0.29, 0.717) is 10.6 Å². The van der Waals surface area contributed by atoms with Crippen molar-refractivity contribution in [3.8, 4) is 5.75 Å². The number of para-hydroxylation sites is 1. The second-order valence-electron chi connectivity index (χ2n) is 3.62. The van der Waals surface area contributed by atoms with Crippen molar-refractivity contribution in [2.45, 2.75) is 0 Å². The van der Waals surface area contributed by atoms with Crippen LogP contribution in [0, 0.1) is 0 Å². The molecule has 0 fully saturated rings. The number of nitrogens with one attached hydrogen (secondary N) is 1. The Hall–Kier alpha value is -1.71. The van der Waals surface area contributed by atoms with Gasteiger partial charge in [0.15, 0.2) is 0 Å². The first kappa shape index (κ1) is 15.4. The summed E-state index contributed by atoms with van der Waals surface area (Å²) in [6, 6.07) is 16.5. The number of rotatable bonds is 3. The third kappa shape index (κ3) is 4.47. The molecule has 0 heterocycles. The van der Waals surface area contributed by atoms with Gasteiger partial charge in [-0.15, -0.1) is 0 Å². The second kappa shape index (κ2) is 7.67. The first-order valence-corrected chi connectivity index (χ1v) is 5.84. The van der Waals surface area contributed by atoms with Gasteiger partial charge in [0.25, 0.3) is 0 Å². The van der Waals surface area contributed by atoms with Crippen LogP contribution in [0.1, 0.15) is 11.1 Å². The van der Waals surface area contributed by atoms with E-state index in [9.17, 15) is 5.11 Å². The summed E-state index contributed by atoms with van der Waals surface area (Å²) >= 11 is 5.18. The quantitative estimate of drug-likeness (QED) is 0.396. The number of phenolic OH excluding ortho intramolecular Hbond substituents is 1. The van der Waals surface area contributed by atoms with Gasteiger partial charge in [-0.2, -0.15) is 5.10 Å². The zero-order chi connectivity index (χ0) is 12.8. The smallest absolute Gasteiger partial charge is 0.126 e. The van der Waals surface area contributed by atoms with Crippen LogP contribution in [0.2, 0.25) is 0 Å².